The van der Waals surface area contributed by atoms with E-state index >= 15 is 0 Å². The molecule has 0 aliphatic carbocycles. The maximum absolute atomic E-state index is 13.4. The lowest BCUT2D eigenvalue weighted by atomic mass is 9.95. The summed E-state index contributed by atoms with van der Waals surface area (Å²) < 4.78 is 11.7. The highest BCUT2D eigenvalue weighted by atomic mass is 16.5. The molecule has 1 unspecified atom stereocenters. The van der Waals surface area contributed by atoms with E-state index in [9.17, 15) is 14.7 Å². The first-order chi connectivity index (χ1) is 18.2. The molecule has 0 saturated carbocycles. The van der Waals surface area contributed by atoms with Gasteiger partial charge in [0, 0.05) is 24.5 Å². The minimum absolute atomic E-state index is 0.0425. The fraction of sp³-hybridized carbons (Fsp3) is 0.323. The second-order valence-corrected chi connectivity index (χ2v) is 10.3. The van der Waals surface area contributed by atoms with E-state index in [4.69, 9.17) is 9.47 Å². The predicted octanol–water partition coefficient (Wildman–Crippen LogP) is 5.77. The number of Topliss-reactive ketones (excluding diaryl/α,β-unsaturated/α-hetero) is 1. The van der Waals surface area contributed by atoms with Crippen LogP contribution in [0.2, 0.25) is 0 Å². The molecule has 1 amide bonds. The van der Waals surface area contributed by atoms with Crippen LogP contribution in [0.5, 0.6) is 11.5 Å². The number of rotatable bonds is 10. The number of ether oxygens (including phenoxy) is 2. The van der Waals surface area contributed by atoms with E-state index in [-0.39, 0.29) is 17.9 Å². The van der Waals surface area contributed by atoms with Crippen LogP contribution in [0.15, 0.2) is 78.6 Å². The lowest BCUT2D eigenvalue weighted by Gasteiger charge is -2.26. The maximum atomic E-state index is 13.4. The number of benzene rings is 2. The van der Waals surface area contributed by atoms with Crippen LogP contribution < -0.4 is 9.47 Å². The first-order valence-corrected chi connectivity index (χ1v) is 12.9. The summed E-state index contributed by atoms with van der Waals surface area (Å²) in [7, 11) is 0. The van der Waals surface area contributed by atoms with E-state index in [1.807, 2.05) is 24.3 Å². The first-order valence-electron chi connectivity index (χ1n) is 12.9. The molecule has 1 aliphatic rings. The van der Waals surface area contributed by atoms with E-state index in [1.54, 1.807) is 48.8 Å². The molecule has 1 aromatic heterocycles. The summed E-state index contributed by atoms with van der Waals surface area (Å²) in [6.07, 6.45) is 3.29. The number of aliphatic hydroxyl groups excluding tert-OH is 1. The number of hydrogen-bond donors (Lipinski definition) is 1. The van der Waals surface area contributed by atoms with E-state index < -0.39 is 17.7 Å². The van der Waals surface area contributed by atoms with Crippen molar-refractivity contribution in [2.45, 2.75) is 40.3 Å². The zero-order chi connectivity index (χ0) is 27.2. The molecule has 7 nitrogen and oxygen atoms in total. The summed E-state index contributed by atoms with van der Waals surface area (Å²) >= 11 is 0. The minimum Gasteiger partial charge on any atom is -0.507 e. The fourth-order valence-corrected chi connectivity index (χ4v) is 4.24. The van der Waals surface area contributed by atoms with Gasteiger partial charge >= 0.3 is 0 Å². The summed E-state index contributed by atoms with van der Waals surface area (Å²) in [6, 6.07) is 17.0. The van der Waals surface area contributed by atoms with Crippen LogP contribution in [-0.2, 0) is 16.1 Å². The Morgan fingerprint density at radius 1 is 0.895 bits per heavy atom. The largest absolute Gasteiger partial charge is 0.507 e. The quantitative estimate of drug-likeness (QED) is 0.210. The second kappa shape index (κ2) is 11.9. The Hall–Kier alpha value is -4.13. The third-order valence-electron chi connectivity index (χ3n) is 6.11. The number of pyridine rings is 1. The van der Waals surface area contributed by atoms with Crippen molar-refractivity contribution in [3.05, 3.63) is 95.3 Å². The highest BCUT2D eigenvalue weighted by Crippen LogP contribution is 2.41. The maximum Gasteiger partial charge on any atom is 0.295 e. The summed E-state index contributed by atoms with van der Waals surface area (Å²) in [6.45, 7) is 9.54. The zero-order valence-electron chi connectivity index (χ0n) is 22.3. The van der Waals surface area contributed by atoms with Crippen molar-refractivity contribution in [2.75, 3.05) is 13.2 Å². The molecule has 38 heavy (non-hydrogen) atoms. The van der Waals surface area contributed by atoms with Gasteiger partial charge in [-0.2, -0.15) is 0 Å². The molecular formula is C31H34N2O5. The van der Waals surface area contributed by atoms with E-state index in [2.05, 4.69) is 32.7 Å². The van der Waals surface area contributed by atoms with Crippen molar-refractivity contribution in [1.82, 2.24) is 9.88 Å². The van der Waals surface area contributed by atoms with Crippen molar-refractivity contribution < 1.29 is 24.2 Å². The molecule has 0 spiro atoms. The molecule has 1 fully saturated rings. The molecule has 198 valence electrons. The van der Waals surface area contributed by atoms with Crippen molar-refractivity contribution in [3.63, 3.8) is 0 Å². The number of amides is 1. The van der Waals surface area contributed by atoms with Crippen LogP contribution >= 0.6 is 0 Å². The van der Waals surface area contributed by atoms with Gasteiger partial charge in [0.25, 0.3) is 11.7 Å². The number of nitrogens with zero attached hydrogens (tertiary/aromatic N) is 2. The average molecular weight is 515 g/mol. The molecule has 7 heteroatoms. The Morgan fingerprint density at radius 3 is 2.16 bits per heavy atom. The highest BCUT2D eigenvalue weighted by Gasteiger charge is 2.46. The standard InChI is InChI=1S/C31H34N2O5/c1-20(2)18-37-25-10-8-23(9-11-25)29(34)27-28(24-6-5-7-26(16-24)38-19-21(3)4)33(31(36)30(27)35)17-22-12-14-32-15-13-22/h5-16,20-21,28,34H,17-19H2,1-4H3/b29-27-. The van der Waals surface area contributed by atoms with E-state index in [1.165, 1.54) is 4.90 Å². The molecule has 0 radical (unpaired) electrons. The molecule has 1 atom stereocenters. The summed E-state index contributed by atoms with van der Waals surface area (Å²) in [5.74, 6) is 0.393. The van der Waals surface area contributed by atoms with Gasteiger partial charge in [-0.1, -0.05) is 39.8 Å². The van der Waals surface area contributed by atoms with Gasteiger partial charge < -0.3 is 19.5 Å². The lowest BCUT2D eigenvalue weighted by molar-refractivity contribution is -0.140. The predicted molar refractivity (Wildman–Crippen MR) is 146 cm³/mol. The normalized spacial score (nSPS) is 16.9. The van der Waals surface area contributed by atoms with Gasteiger partial charge in [-0.05, 0) is 71.5 Å². The van der Waals surface area contributed by atoms with Crippen LogP contribution in [0, 0.1) is 11.8 Å². The van der Waals surface area contributed by atoms with Crippen molar-refractivity contribution >= 4 is 17.4 Å². The van der Waals surface area contributed by atoms with E-state index in [0.717, 1.165) is 5.56 Å². The summed E-state index contributed by atoms with van der Waals surface area (Å²) in [5, 5.41) is 11.4. The van der Waals surface area contributed by atoms with Crippen molar-refractivity contribution in [1.29, 1.82) is 0 Å². The van der Waals surface area contributed by atoms with E-state index in [0.29, 0.717) is 47.7 Å². The van der Waals surface area contributed by atoms with Gasteiger partial charge in [-0.25, -0.2) is 0 Å². The molecule has 1 N–H and O–H groups in total. The third kappa shape index (κ3) is 6.22. The molecule has 3 aromatic rings. The van der Waals surface area contributed by atoms with Gasteiger partial charge in [-0.15, -0.1) is 0 Å². The molecule has 2 aromatic carbocycles. The Kier molecular flexibility index (Phi) is 8.46. The van der Waals surface area contributed by atoms with Gasteiger partial charge in [0.05, 0.1) is 24.8 Å². The van der Waals surface area contributed by atoms with Crippen LogP contribution in [-0.4, -0.2) is 39.9 Å². The number of carbonyl (C=O) groups excluding carboxylic acids is 2. The fourth-order valence-electron chi connectivity index (χ4n) is 4.24. The average Bonchev–Trinajstić information content (AvgIpc) is 3.16. The summed E-state index contributed by atoms with van der Waals surface area (Å²) in [5.41, 5.74) is 1.98. The second-order valence-electron chi connectivity index (χ2n) is 10.3. The minimum atomic E-state index is -0.789. The van der Waals surface area contributed by atoms with Crippen LogP contribution in [0.1, 0.15) is 50.4 Å². The van der Waals surface area contributed by atoms with Gasteiger partial charge in [0.2, 0.25) is 0 Å². The molecule has 1 saturated heterocycles. The highest BCUT2D eigenvalue weighted by molar-refractivity contribution is 6.46. The molecular weight excluding hydrogens is 480 g/mol. The molecule has 4 rings (SSSR count). The first kappa shape index (κ1) is 26.9. The number of carbonyl (C=O) groups is 2. The number of ketones is 1. The Bertz CT molecular complexity index is 1300. The van der Waals surface area contributed by atoms with Crippen molar-refractivity contribution in [2.24, 2.45) is 11.8 Å². The Morgan fingerprint density at radius 2 is 1.53 bits per heavy atom. The van der Waals surface area contributed by atoms with Crippen molar-refractivity contribution in [3.8, 4) is 11.5 Å². The Balaban J connectivity index is 1.76. The number of aliphatic hydroxyl groups is 1. The molecule has 1 aliphatic heterocycles. The molecule has 2 heterocycles. The van der Waals surface area contributed by atoms with Crippen LogP contribution in [0.4, 0.5) is 0 Å². The third-order valence-corrected chi connectivity index (χ3v) is 6.11. The monoisotopic (exact) mass is 514 g/mol. The SMILES string of the molecule is CC(C)COc1ccc(/C(O)=C2/C(=O)C(=O)N(Cc3ccncc3)C2c2cccc(OCC(C)C)c2)cc1. The number of likely N-dealkylation sites (tertiary alicyclic amines) is 1. The van der Waals surface area contributed by atoms with Gasteiger partial charge in [0.1, 0.15) is 17.3 Å². The van der Waals surface area contributed by atoms with Crippen LogP contribution in [0.25, 0.3) is 5.76 Å². The van der Waals surface area contributed by atoms with Gasteiger partial charge in [-0.3, -0.25) is 14.6 Å². The summed E-state index contributed by atoms with van der Waals surface area (Å²) in [4.78, 5) is 32.2. The topological polar surface area (TPSA) is 89.0 Å². The number of aromatic nitrogens is 1. The Labute approximate surface area is 223 Å². The van der Waals surface area contributed by atoms with Crippen LogP contribution in [0.3, 0.4) is 0 Å². The molecule has 0 bridgehead atoms. The number of hydrogen-bond acceptors (Lipinski definition) is 6. The lowest BCUT2D eigenvalue weighted by Crippen LogP contribution is -2.29. The van der Waals surface area contributed by atoms with Gasteiger partial charge in [0.15, 0.2) is 0 Å². The smallest absolute Gasteiger partial charge is 0.295 e. The zero-order valence-corrected chi connectivity index (χ0v) is 22.3.